The molecule has 2 aromatic carbocycles. The highest BCUT2D eigenvalue weighted by atomic mass is 15.1. The van der Waals surface area contributed by atoms with Gasteiger partial charge in [0.05, 0.1) is 5.52 Å². The van der Waals surface area contributed by atoms with Crippen molar-refractivity contribution in [3.63, 3.8) is 0 Å². The Morgan fingerprint density at radius 2 is 1.78 bits per heavy atom. The van der Waals surface area contributed by atoms with Crippen molar-refractivity contribution in [3.8, 4) is 11.3 Å². The van der Waals surface area contributed by atoms with Gasteiger partial charge in [-0.05, 0) is 42.5 Å². The van der Waals surface area contributed by atoms with Crippen LogP contribution in [0.4, 0.5) is 17.2 Å². The average molecular weight is 301 g/mol. The summed E-state index contributed by atoms with van der Waals surface area (Å²) in [7, 11) is 0. The minimum atomic E-state index is 0.484. The second-order valence-electron chi connectivity index (χ2n) is 5.29. The van der Waals surface area contributed by atoms with Crippen molar-refractivity contribution < 1.29 is 0 Å². The van der Waals surface area contributed by atoms with Gasteiger partial charge < -0.3 is 11.1 Å². The SMILES string of the molecule is Nc1cc(-c2n[nH]c3ccc(Nc4ccccc4)cc23)ccn1. The van der Waals surface area contributed by atoms with Crippen molar-refractivity contribution in [1.82, 2.24) is 15.2 Å². The van der Waals surface area contributed by atoms with E-state index in [1.807, 2.05) is 54.6 Å². The molecule has 0 aliphatic rings. The van der Waals surface area contributed by atoms with E-state index in [-0.39, 0.29) is 0 Å². The maximum atomic E-state index is 5.78. The van der Waals surface area contributed by atoms with Gasteiger partial charge in [-0.25, -0.2) is 4.98 Å². The van der Waals surface area contributed by atoms with Gasteiger partial charge in [0, 0.05) is 28.5 Å². The Balaban J connectivity index is 1.77. The number of hydrogen-bond acceptors (Lipinski definition) is 4. The first-order chi connectivity index (χ1) is 11.3. The van der Waals surface area contributed by atoms with E-state index in [1.165, 1.54) is 0 Å². The number of benzene rings is 2. The molecule has 5 heteroatoms. The van der Waals surface area contributed by atoms with Crippen LogP contribution in [0.3, 0.4) is 0 Å². The third-order valence-electron chi connectivity index (χ3n) is 3.68. The zero-order chi connectivity index (χ0) is 15.6. The fourth-order valence-corrected chi connectivity index (χ4v) is 2.60. The van der Waals surface area contributed by atoms with Gasteiger partial charge in [-0.15, -0.1) is 0 Å². The van der Waals surface area contributed by atoms with Gasteiger partial charge in [-0.3, -0.25) is 5.10 Å². The highest BCUT2D eigenvalue weighted by Crippen LogP contribution is 2.29. The Morgan fingerprint density at radius 1 is 0.913 bits per heavy atom. The fourth-order valence-electron chi connectivity index (χ4n) is 2.60. The monoisotopic (exact) mass is 301 g/mol. The molecule has 2 aromatic heterocycles. The van der Waals surface area contributed by atoms with Crippen LogP contribution in [0, 0.1) is 0 Å². The van der Waals surface area contributed by atoms with Gasteiger partial charge in [0.1, 0.15) is 11.5 Å². The molecule has 0 bridgehead atoms. The number of fused-ring (bicyclic) bond motifs is 1. The molecule has 0 amide bonds. The van der Waals surface area contributed by atoms with Gasteiger partial charge in [-0.1, -0.05) is 18.2 Å². The minimum absolute atomic E-state index is 0.484. The Bertz CT molecular complexity index is 959. The Morgan fingerprint density at radius 3 is 2.61 bits per heavy atom. The summed E-state index contributed by atoms with van der Waals surface area (Å²) >= 11 is 0. The highest BCUT2D eigenvalue weighted by Gasteiger charge is 2.09. The molecular weight excluding hydrogens is 286 g/mol. The van der Waals surface area contributed by atoms with E-state index in [0.717, 1.165) is 33.5 Å². The molecule has 4 rings (SSSR count). The lowest BCUT2D eigenvalue weighted by atomic mass is 10.1. The summed E-state index contributed by atoms with van der Waals surface area (Å²) in [5, 5.41) is 11.9. The summed E-state index contributed by atoms with van der Waals surface area (Å²) in [6.07, 6.45) is 1.69. The van der Waals surface area contributed by atoms with E-state index in [0.29, 0.717) is 5.82 Å². The Labute approximate surface area is 133 Å². The molecule has 0 aliphatic heterocycles. The number of anilines is 3. The number of rotatable bonds is 3. The number of para-hydroxylation sites is 1. The van der Waals surface area contributed by atoms with Crippen molar-refractivity contribution in [3.05, 3.63) is 66.9 Å². The number of nitrogen functional groups attached to an aromatic ring is 1. The molecule has 0 saturated heterocycles. The predicted octanol–water partition coefficient (Wildman–Crippen LogP) is 3.95. The predicted molar refractivity (Wildman–Crippen MR) is 93.5 cm³/mol. The van der Waals surface area contributed by atoms with Crippen LogP contribution in [0.15, 0.2) is 66.9 Å². The van der Waals surface area contributed by atoms with E-state index in [4.69, 9.17) is 5.73 Å². The molecule has 5 nitrogen and oxygen atoms in total. The molecular formula is C18H15N5. The maximum Gasteiger partial charge on any atom is 0.123 e. The molecule has 0 unspecified atom stereocenters. The molecule has 4 N–H and O–H groups in total. The van der Waals surface area contributed by atoms with Crippen LogP contribution < -0.4 is 11.1 Å². The fraction of sp³-hybridized carbons (Fsp3) is 0. The number of H-pyrrole nitrogens is 1. The van der Waals surface area contributed by atoms with Crippen LogP contribution >= 0.6 is 0 Å². The second-order valence-corrected chi connectivity index (χ2v) is 5.29. The molecule has 23 heavy (non-hydrogen) atoms. The number of pyridine rings is 1. The number of nitrogens with one attached hydrogen (secondary N) is 2. The first-order valence-electron chi connectivity index (χ1n) is 7.32. The van der Waals surface area contributed by atoms with Crippen molar-refractivity contribution in [1.29, 1.82) is 0 Å². The highest BCUT2D eigenvalue weighted by molar-refractivity contribution is 5.95. The summed E-state index contributed by atoms with van der Waals surface area (Å²) in [5.41, 5.74) is 10.6. The third-order valence-corrected chi connectivity index (χ3v) is 3.68. The zero-order valence-electron chi connectivity index (χ0n) is 12.3. The van der Waals surface area contributed by atoms with Crippen LogP contribution in [-0.2, 0) is 0 Å². The summed E-state index contributed by atoms with van der Waals surface area (Å²) in [6.45, 7) is 0. The molecule has 0 radical (unpaired) electrons. The lowest BCUT2D eigenvalue weighted by molar-refractivity contribution is 1.12. The van der Waals surface area contributed by atoms with Gasteiger partial charge in [0.2, 0.25) is 0 Å². The standard InChI is InChI=1S/C18H15N5/c19-17-10-12(8-9-20-17)18-15-11-14(6-7-16(15)22-23-18)21-13-4-2-1-3-5-13/h1-11,21H,(H2,19,20)(H,22,23). The van der Waals surface area contributed by atoms with Crippen LogP contribution in [0.25, 0.3) is 22.2 Å². The third kappa shape index (κ3) is 2.60. The van der Waals surface area contributed by atoms with E-state index >= 15 is 0 Å². The van der Waals surface area contributed by atoms with Crippen LogP contribution in [0.5, 0.6) is 0 Å². The van der Waals surface area contributed by atoms with E-state index < -0.39 is 0 Å². The van der Waals surface area contributed by atoms with Gasteiger partial charge >= 0.3 is 0 Å². The van der Waals surface area contributed by atoms with Crippen molar-refractivity contribution >= 4 is 28.1 Å². The number of aromatic amines is 1. The normalized spacial score (nSPS) is 10.8. The smallest absolute Gasteiger partial charge is 0.123 e. The average Bonchev–Trinajstić information content (AvgIpc) is 2.99. The Kier molecular flexibility index (Phi) is 3.16. The molecule has 0 fully saturated rings. The summed E-state index contributed by atoms with van der Waals surface area (Å²) in [5.74, 6) is 0.484. The van der Waals surface area contributed by atoms with E-state index in [1.54, 1.807) is 6.20 Å². The van der Waals surface area contributed by atoms with Gasteiger partial charge in [0.15, 0.2) is 0 Å². The lowest BCUT2D eigenvalue weighted by Crippen LogP contribution is -1.90. The number of nitrogens with two attached hydrogens (primary N) is 1. The van der Waals surface area contributed by atoms with Crippen LogP contribution in [0.1, 0.15) is 0 Å². The first-order valence-corrected chi connectivity index (χ1v) is 7.32. The summed E-state index contributed by atoms with van der Waals surface area (Å²) < 4.78 is 0. The summed E-state index contributed by atoms with van der Waals surface area (Å²) in [6, 6.07) is 19.9. The molecule has 112 valence electrons. The largest absolute Gasteiger partial charge is 0.384 e. The van der Waals surface area contributed by atoms with Gasteiger partial charge in [0.25, 0.3) is 0 Å². The zero-order valence-corrected chi connectivity index (χ0v) is 12.3. The van der Waals surface area contributed by atoms with E-state index in [2.05, 4.69) is 26.6 Å². The molecule has 0 spiro atoms. The first kappa shape index (κ1) is 13.3. The lowest BCUT2D eigenvalue weighted by Gasteiger charge is -2.06. The van der Waals surface area contributed by atoms with Gasteiger partial charge in [-0.2, -0.15) is 5.10 Å². The molecule has 4 aromatic rings. The van der Waals surface area contributed by atoms with Crippen molar-refractivity contribution in [2.45, 2.75) is 0 Å². The molecule has 2 heterocycles. The van der Waals surface area contributed by atoms with Crippen molar-refractivity contribution in [2.24, 2.45) is 0 Å². The van der Waals surface area contributed by atoms with Crippen LogP contribution in [-0.4, -0.2) is 15.2 Å². The van der Waals surface area contributed by atoms with Crippen LogP contribution in [0.2, 0.25) is 0 Å². The molecule has 0 aliphatic carbocycles. The topological polar surface area (TPSA) is 79.6 Å². The molecule has 0 atom stereocenters. The molecule has 0 saturated carbocycles. The number of nitrogens with zero attached hydrogens (tertiary/aromatic N) is 2. The second kappa shape index (κ2) is 5.46. The Hall–Kier alpha value is -3.34. The number of aromatic nitrogens is 3. The number of hydrogen-bond donors (Lipinski definition) is 3. The van der Waals surface area contributed by atoms with Crippen molar-refractivity contribution in [2.75, 3.05) is 11.1 Å². The minimum Gasteiger partial charge on any atom is -0.384 e. The summed E-state index contributed by atoms with van der Waals surface area (Å²) in [4.78, 5) is 4.03. The quantitative estimate of drug-likeness (QED) is 0.535. The maximum absolute atomic E-state index is 5.78. The van der Waals surface area contributed by atoms with E-state index in [9.17, 15) is 0 Å².